The number of hydrogen-bond donors (Lipinski definition) is 1. The van der Waals surface area contributed by atoms with E-state index in [0.29, 0.717) is 12.0 Å². The predicted octanol–water partition coefficient (Wildman–Crippen LogP) is 3.71. The molecule has 0 aliphatic heterocycles. The first-order valence-electron chi connectivity index (χ1n) is 7.09. The van der Waals surface area contributed by atoms with Crippen molar-refractivity contribution in [3.63, 3.8) is 0 Å². The predicted molar refractivity (Wildman–Crippen MR) is 80.1 cm³/mol. The molecule has 19 heavy (non-hydrogen) atoms. The van der Waals surface area contributed by atoms with Gasteiger partial charge in [0.15, 0.2) is 5.65 Å². The average molecular weight is 260 g/mol. The molecule has 0 saturated heterocycles. The minimum absolute atomic E-state index is 0.346. The van der Waals surface area contributed by atoms with Crippen LogP contribution in [-0.4, -0.2) is 14.5 Å². The van der Waals surface area contributed by atoms with Gasteiger partial charge in [-0.2, -0.15) is 0 Å². The Balaban J connectivity index is 2.21. The average Bonchev–Trinajstić information content (AvgIpc) is 2.63. The smallest absolute Gasteiger partial charge is 0.202 e. The fraction of sp³-hybridized carbons (Fsp3) is 0.600. The molecule has 0 fully saturated rings. The molecular formula is C15H24N4. The summed E-state index contributed by atoms with van der Waals surface area (Å²) in [5.41, 5.74) is 8.96. The highest BCUT2D eigenvalue weighted by Crippen LogP contribution is 2.25. The summed E-state index contributed by atoms with van der Waals surface area (Å²) in [7, 11) is 0. The second-order valence-corrected chi connectivity index (χ2v) is 5.87. The Kier molecular flexibility index (Phi) is 4.08. The van der Waals surface area contributed by atoms with Crippen molar-refractivity contribution in [3.05, 3.63) is 17.8 Å². The van der Waals surface area contributed by atoms with Gasteiger partial charge >= 0.3 is 0 Å². The van der Waals surface area contributed by atoms with Crippen LogP contribution in [0.1, 0.15) is 51.6 Å². The second kappa shape index (κ2) is 5.59. The van der Waals surface area contributed by atoms with E-state index >= 15 is 0 Å². The summed E-state index contributed by atoms with van der Waals surface area (Å²) < 4.78 is 2.06. The molecule has 0 amide bonds. The molecule has 4 nitrogen and oxygen atoms in total. The third-order valence-corrected chi connectivity index (χ3v) is 3.54. The van der Waals surface area contributed by atoms with Gasteiger partial charge in [0.25, 0.3) is 0 Å². The van der Waals surface area contributed by atoms with Gasteiger partial charge in [0.05, 0.1) is 0 Å². The van der Waals surface area contributed by atoms with E-state index in [1.807, 2.05) is 19.2 Å². The molecule has 0 spiro atoms. The number of nitrogen functional groups attached to an aromatic ring is 1. The molecule has 0 aliphatic rings. The number of aryl methyl sites for hydroxylation is 1. The SMILES string of the molecule is Cc1cnc2c(c1)nc(N)n2C(C)CCCC(C)C. The summed E-state index contributed by atoms with van der Waals surface area (Å²) >= 11 is 0. The highest BCUT2D eigenvalue weighted by atomic mass is 15.2. The second-order valence-electron chi connectivity index (χ2n) is 5.87. The zero-order valence-corrected chi connectivity index (χ0v) is 12.3. The largest absolute Gasteiger partial charge is 0.369 e. The minimum Gasteiger partial charge on any atom is -0.369 e. The van der Waals surface area contributed by atoms with Crippen molar-refractivity contribution in [2.75, 3.05) is 5.73 Å². The molecule has 2 aromatic rings. The van der Waals surface area contributed by atoms with Gasteiger partial charge in [-0.3, -0.25) is 4.57 Å². The Morgan fingerprint density at radius 3 is 2.68 bits per heavy atom. The third kappa shape index (κ3) is 3.06. The van der Waals surface area contributed by atoms with Gasteiger partial charge in [0.2, 0.25) is 5.95 Å². The number of imidazole rings is 1. The van der Waals surface area contributed by atoms with Crippen LogP contribution in [0.5, 0.6) is 0 Å². The van der Waals surface area contributed by atoms with E-state index in [4.69, 9.17) is 5.73 Å². The van der Waals surface area contributed by atoms with Gasteiger partial charge in [-0.25, -0.2) is 9.97 Å². The molecule has 2 N–H and O–H groups in total. The van der Waals surface area contributed by atoms with Crippen molar-refractivity contribution in [2.45, 2.75) is 53.0 Å². The summed E-state index contributed by atoms with van der Waals surface area (Å²) in [4.78, 5) is 8.90. The van der Waals surface area contributed by atoms with Crippen LogP contribution in [0.4, 0.5) is 5.95 Å². The van der Waals surface area contributed by atoms with E-state index in [-0.39, 0.29) is 0 Å². The number of nitrogens with two attached hydrogens (primary N) is 1. The fourth-order valence-electron chi connectivity index (χ4n) is 2.49. The highest BCUT2D eigenvalue weighted by molar-refractivity contribution is 5.74. The summed E-state index contributed by atoms with van der Waals surface area (Å²) in [6.07, 6.45) is 5.46. The van der Waals surface area contributed by atoms with Crippen molar-refractivity contribution in [1.29, 1.82) is 0 Å². The van der Waals surface area contributed by atoms with E-state index in [1.54, 1.807) is 0 Å². The van der Waals surface area contributed by atoms with Gasteiger partial charge in [0, 0.05) is 12.2 Å². The lowest BCUT2D eigenvalue weighted by atomic mass is 10.0. The zero-order valence-electron chi connectivity index (χ0n) is 12.3. The van der Waals surface area contributed by atoms with Crippen molar-refractivity contribution in [2.24, 2.45) is 5.92 Å². The van der Waals surface area contributed by atoms with Crippen molar-refractivity contribution in [1.82, 2.24) is 14.5 Å². The molecule has 2 aromatic heterocycles. The van der Waals surface area contributed by atoms with E-state index in [1.165, 1.54) is 12.8 Å². The molecular weight excluding hydrogens is 236 g/mol. The zero-order chi connectivity index (χ0) is 14.0. The molecule has 0 radical (unpaired) electrons. The first kappa shape index (κ1) is 13.8. The fourth-order valence-corrected chi connectivity index (χ4v) is 2.49. The maximum atomic E-state index is 6.05. The monoisotopic (exact) mass is 260 g/mol. The summed E-state index contributed by atoms with van der Waals surface area (Å²) in [6.45, 7) is 8.74. The molecule has 0 saturated carbocycles. The topological polar surface area (TPSA) is 56.7 Å². The molecule has 2 heterocycles. The van der Waals surface area contributed by atoms with Crippen LogP contribution in [-0.2, 0) is 0 Å². The Labute approximate surface area is 115 Å². The maximum absolute atomic E-state index is 6.05. The van der Waals surface area contributed by atoms with Crippen molar-refractivity contribution in [3.8, 4) is 0 Å². The van der Waals surface area contributed by atoms with Gasteiger partial charge < -0.3 is 5.73 Å². The number of fused-ring (bicyclic) bond motifs is 1. The van der Waals surface area contributed by atoms with Crippen LogP contribution in [0.15, 0.2) is 12.3 Å². The molecule has 4 heteroatoms. The van der Waals surface area contributed by atoms with Gasteiger partial charge in [-0.15, -0.1) is 0 Å². The lowest BCUT2D eigenvalue weighted by Gasteiger charge is -2.16. The standard InChI is InChI=1S/C15H24N4/c1-10(2)6-5-7-12(4)19-14-13(18-15(19)16)8-11(3)9-17-14/h8-10,12H,5-7H2,1-4H3,(H2,16,18). The summed E-state index contributed by atoms with van der Waals surface area (Å²) in [5.74, 6) is 1.33. The number of rotatable bonds is 5. The third-order valence-electron chi connectivity index (χ3n) is 3.54. The quantitative estimate of drug-likeness (QED) is 0.891. The lowest BCUT2D eigenvalue weighted by Crippen LogP contribution is -2.10. The highest BCUT2D eigenvalue weighted by Gasteiger charge is 2.15. The van der Waals surface area contributed by atoms with E-state index in [2.05, 4.69) is 35.3 Å². The molecule has 1 atom stereocenters. The van der Waals surface area contributed by atoms with Crippen LogP contribution in [0.2, 0.25) is 0 Å². The van der Waals surface area contributed by atoms with Crippen molar-refractivity contribution >= 4 is 17.1 Å². The van der Waals surface area contributed by atoms with Gasteiger partial charge in [0.1, 0.15) is 5.52 Å². The molecule has 0 aromatic carbocycles. The molecule has 2 rings (SSSR count). The number of pyridine rings is 1. The molecule has 104 valence electrons. The van der Waals surface area contributed by atoms with Crippen LogP contribution in [0.25, 0.3) is 11.2 Å². The minimum atomic E-state index is 0.346. The number of aromatic nitrogens is 3. The molecule has 0 bridgehead atoms. The summed E-state index contributed by atoms with van der Waals surface area (Å²) in [5, 5.41) is 0. The van der Waals surface area contributed by atoms with Gasteiger partial charge in [-0.1, -0.05) is 26.7 Å². The van der Waals surface area contributed by atoms with E-state index < -0.39 is 0 Å². The number of hydrogen-bond acceptors (Lipinski definition) is 3. The van der Waals surface area contributed by atoms with Crippen LogP contribution in [0.3, 0.4) is 0 Å². The Bertz CT molecular complexity index is 557. The Hall–Kier alpha value is -1.58. The first-order chi connectivity index (χ1) is 8.99. The molecule has 0 aliphatic carbocycles. The molecule has 1 unspecified atom stereocenters. The normalized spacial score (nSPS) is 13.3. The van der Waals surface area contributed by atoms with Crippen LogP contribution >= 0.6 is 0 Å². The van der Waals surface area contributed by atoms with Gasteiger partial charge in [-0.05, 0) is 37.8 Å². The lowest BCUT2D eigenvalue weighted by molar-refractivity contribution is 0.455. The first-order valence-corrected chi connectivity index (χ1v) is 7.09. The van der Waals surface area contributed by atoms with Crippen LogP contribution < -0.4 is 5.73 Å². The van der Waals surface area contributed by atoms with Crippen LogP contribution in [0, 0.1) is 12.8 Å². The Morgan fingerprint density at radius 1 is 1.26 bits per heavy atom. The number of anilines is 1. The number of nitrogens with zero attached hydrogens (tertiary/aromatic N) is 3. The Morgan fingerprint density at radius 2 is 2.00 bits per heavy atom. The summed E-state index contributed by atoms with van der Waals surface area (Å²) in [6, 6.07) is 2.38. The van der Waals surface area contributed by atoms with E-state index in [0.717, 1.165) is 29.1 Å². The van der Waals surface area contributed by atoms with E-state index in [9.17, 15) is 0 Å². The van der Waals surface area contributed by atoms with Crippen molar-refractivity contribution < 1.29 is 0 Å². The maximum Gasteiger partial charge on any atom is 0.202 e.